The molecule has 1 aliphatic carbocycles. The Morgan fingerprint density at radius 3 is 1.93 bits per heavy atom. The number of fused-ring (bicyclic) bond motifs is 3. The summed E-state index contributed by atoms with van der Waals surface area (Å²) in [6, 6.07) is 63.9. The Labute approximate surface area is 339 Å². The van der Waals surface area contributed by atoms with E-state index >= 15 is 0 Å². The maximum Gasteiger partial charge on any atom is 0.408 e. The maximum atomic E-state index is 14.3. The quantitative estimate of drug-likeness (QED) is 0.126. The van der Waals surface area contributed by atoms with Crippen molar-refractivity contribution >= 4 is 6.09 Å². The van der Waals surface area contributed by atoms with Gasteiger partial charge in [0.15, 0.2) is 0 Å². The Balaban J connectivity index is 1.19. The molecule has 7 aromatic carbocycles. The predicted molar refractivity (Wildman–Crippen MR) is 230 cm³/mol. The highest BCUT2D eigenvalue weighted by Crippen LogP contribution is 2.44. The minimum atomic E-state index is -0.899. The van der Waals surface area contributed by atoms with Gasteiger partial charge in [-0.05, 0) is 68.6 Å². The van der Waals surface area contributed by atoms with E-state index in [-0.39, 0.29) is 6.61 Å². The van der Waals surface area contributed by atoms with E-state index in [1.807, 2.05) is 66.7 Å². The molecule has 1 aromatic heterocycles. The predicted octanol–water partition coefficient (Wildman–Crippen LogP) is 11.2. The molecule has 1 N–H and O–H groups in total. The van der Waals surface area contributed by atoms with Gasteiger partial charge in [-0.2, -0.15) is 0 Å². The molecule has 0 fully saturated rings. The van der Waals surface area contributed by atoms with E-state index in [2.05, 4.69) is 137 Å². The van der Waals surface area contributed by atoms with Crippen LogP contribution in [-0.2, 0) is 29.7 Å². The first-order chi connectivity index (χ1) is 28.6. The van der Waals surface area contributed by atoms with Crippen LogP contribution in [0.15, 0.2) is 194 Å². The summed E-state index contributed by atoms with van der Waals surface area (Å²) in [5.41, 5.74) is 10.8. The van der Waals surface area contributed by atoms with Crippen LogP contribution in [0, 0.1) is 0 Å². The third-order valence-corrected chi connectivity index (χ3v) is 11.2. The van der Waals surface area contributed by atoms with E-state index in [9.17, 15) is 4.79 Å². The van der Waals surface area contributed by atoms with Crippen molar-refractivity contribution < 1.29 is 14.3 Å². The molecule has 0 bridgehead atoms. The van der Waals surface area contributed by atoms with Crippen LogP contribution < -0.4 is 10.1 Å². The summed E-state index contributed by atoms with van der Waals surface area (Å²) in [6.45, 7) is 0.145. The number of nitrogens with one attached hydrogen (secondary N) is 1. The second kappa shape index (κ2) is 16.1. The number of benzene rings is 7. The molecule has 9 rings (SSSR count). The number of carbonyl (C=O) groups is 1. The molecule has 8 aromatic rings. The van der Waals surface area contributed by atoms with Gasteiger partial charge < -0.3 is 19.4 Å². The fraction of sp³-hybridized carbons (Fsp3) is 0.115. The number of nitrogens with zero attached hydrogens (tertiary/aromatic N) is 2. The highest BCUT2D eigenvalue weighted by molar-refractivity contribution is 5.78. The van der Waals surface area contributed by atoms with Crippen LogP contribution in [0.25, 0.3) is 22.4 Å². The monoisotopic (exact) mass is 757 g/mol. The zero-order chi connectivity index (χ0) is 39.3. The van der Waals surface area contributed by atoms with Gasteiger partial charge in [0, 0.05) is 18.2 Å². The number of rotatable bonds is 12. The minimum absolute atomic E-state index is 0.145. The van der Waals surface area contributed by atoms with Crippen molar-refractivity contribution in [2.24, 2.45) is 0 Å². The van der Waals surface area contributed by atoms with Gasteiger partial charge in [0.1, 0.15) is 23.7 Å². The molecule has 1 atom stereocenters. The van der Waals surface area contributed by atoms with Gasteiger partial charge in [-0.1, -0.05) is 176 Å². The fourth-order valence-corrected chi connectivity index (χ4v) is 8.53. The van der Waals surface area contributed by atoms with Gasteiger partial charge in [-0.15, -0.1) is 0 Å². The lowest BCUT2D eigenvalue weighted by Gasteiger charge is -2.39. The Morgan fingerprint density at radius 2 is 1.28 bits per heavy atom. The number of aromatic nitrogens is 2. The van der Waals surface area contributed by atoms with Gasteiger partial charge in [0.25, 0.3) is 0 Å². The molecule has 0 saturated heterocycles. The molecule has 284 valence electrons. The van der Waals surface area contributed by atoms with Crippen molar-refractivity contribution in [3.05, 3.63) is 239 Å². The van der Waals surface area contributed by atoms with Gasteiger partial charge in [0.05, 0.1) is 18.8 Å². The number of hydrogen-bond acceptors (Lipinski definition) is 4. The average molecular weight is 758 g/mol. The number of alkyl carbamates (subject to hydrolysis) is 1. The summed E-state index contributed by atoms with van der Waals surface area (Å²) in [7, 11) is 1.67. The van der Waals surface area contributed by atoms with E-state index in [1.54, 1.807) is 7.11 Å². The lowest BCUT2D eigenvalue weighted by Crippen LogP contribution is -2.41. The van der Waals surface area contributed by atoms with Crippen LogP contribution in [0.5, 0.6) is 5.75 Å². The molecule has 58 heavy (non-hydrogen) atoms. The molecule has 1 heterocycles. The van der Waals surface area contributed by atoms with Crippen LogP contribution in [0.1, 0.15) is 50.8 Å². The molecule has 1 amide bonds. The van der Waals surface area contributed by atoms with Gasteiger partial charge in [0.2, 0.25) is 0 Å². The molecule has 0 aliphatic heterocycles. The van der Waals surface area contributed by atoms with Crippen LogP contribution in [0.4, 0.5) is 4.79 Å². The first-order valence-electron chi connectivity index (χ1n) is 19.7. The Bertz CT molecular complexity index is 2560. The third kappa shape index (κ3) is 6.94. The molecular formula is C52H43N3O3. The topological polar surface area (TPSA) is 65.4 Å². The van der Waals surface area contributed by atoms with Crippen molar-refractivity contribution in [2.45, 2.75) is 31.0 Å². The second-order valence-corrected chi connectivity index (χ2v) is 14.6. The lowest BCUT2D eigenvalue weighted by atomic mass is 9.76. The van der Waals surface area contributed by atoms with Crippen LogP contribution in [0.3, 0.4) is 0 Å². The molecule has 6 heteroatoms. The Kier molecular flexibility index (Phi) is 10.1. The largest absolute Gasteiger partial charge is 0.497 e. The Morgan fingerprint density at radius 1 is 0.690 bits per heavy atom. The van der Waals surface area contributed by atoms with Gasteiger partial charge >= 0.3 is 6.09 Å². The molecule has 1 aliphatic rings. The number of carbonyl (C=O) groups excluding carboxylic acids is 1. The summed E-state index contributed by atoms with van der Waals surface area (Å²) in [4.78, 5) is 19.7. The fourth-order valence-electron chi connectivity index (χ4n) is 8.53. The molecule has 0 spiro atoms. The third-order valence-electron chi connectivity index (χ3n) is 11.2. The van der Waals surface area contributed by atoms with E-state index in [0.29, 0.717) is 12.2 Å². The highest BCUT2D eigenvalue weighted by Gasteiger charge is 2.42. The van der Waals surface area contributed by atoms with Crippen molar-refractivity contribution in [3.8, 4) is 28.1 Å². The first-order valence-corrected chi connectivity index (χ1v) is 19.7. The number of methoxy groups -OCH3 is 1. The van der Waals surface area contributed by atoms with Crippen LogP contribution >= 0.6 is 0 Å². The van der Waals surface area contributed by atoms with Crippen LogP contribution in [0.2, 0.25) is 0 Å². The highest BCUT2D eigenvalue weighted by atomic mass is 16.5. The average Bonchev–Trinajstić information content (AvgIpc) is 3.91. The van der Waals surface area contributed by atoms with Crippen molar-refractivity contribution in [2.75, 3.05) is 7.11 Å². The molecular weight excluding hydrogens is 715 g/mol. The summed E-state index contributed by atoms with van der Waals surface area (Å²) >= 11 is 0. The summed E-state index contributed by atoms with van der Waals surface area (Å²) in [5.74, 6) is 1.40. The standard InChI is InChI=1S/C52H43N3O3/c1-57-44-29-16-21-39(33-44)49-35-55(52(41-23-8-3-9-24-41,42-25-10-4-11-26-42)43-27-12-5-13-28-43)50(53-49)48(32-37-18-6-2-7-19-37)54-51(56)58-36-40-22-17-31-46-45-30-15-14-20-38(45)34-47(40)46/h2-31,33,35,48H,32,34,36H2,1H3,(H,54,56)/t48-/m0/s1. The normalized spacial score (nSPS) is 12.3. The first kappa shape index (κ1) is 36.5. The zero-order valence-corrected chi connectivity index (χ0v) is 32.3. The molecule has 0 unspecified atom stereocenters. The van der Waals surface area contributed by atoms with Crippen molar-refractivity contribution in [1.82, 2.24) is 14.9 Å². The minimum Gasteiger partial charge on any atom is -0.497 e. The number of ether oxygens (including phenoxy) is 2. The van der Waals surface area contributed by atoms with Crippen molar-refractivity contribution in [1.29, 1.82) is 0 Å². The van der Waals surface area contributed by atoms with Gasteiger partial charge in [-0.25, -0.2) is 9.78 Å². The zero-order valence-electron chi connectivity index (χ0n) is 32.3. The van der Waals surface area contributed by atoms with Gasteiger partial charge in [-0.3, -0.25) is 0 Å². The molecule has 0 radical (unpaired) electrons. The lowest BCUT2D eigenvalue weighted by molar-refractivity contribution is 0.134. The number of amides is 1. The van der Waals surface area contributed by atoms with E-state index in [4.69, 9.17) is 14.5 Å². The summed E-state index contributed by atoms with van der Waals surface area (Å²) in [6.07, 6.45) is 2.88. The smallest absolute Gasteiger partial charge is 0.408 e. The molecule has 6 nitrogen and oxygen atoms in total. The maximum absolute atomic E-state index is 14.3. The number of imidazole rings is 1. The van der Waals surface area contributed by atoms with E-state index < -0.39 is 17.7 Å². The summed E-state index contributed by atoms with van der Waals surface area (Å²) in [5, 5.41) is 3.32. The second-order valence-electron chi connectivity index (χ2n) is 14.6. The Hall–Kier alpha value is -7.18. The van der Waals surface area contributed by atoms with Crippen LogP contribution in [-0.4, -0.2) is 22.8 Å². The van der Waals surface area contributed by atoms with E-state index in [0.717, 1.165) is 51.2 Å². The van der Waals surface area contributed by atoms with E-state index in [1.165, 1.54) is 22.3 Å². The number of hydrogen-bond donors (Lipinski definition) is 1. The van der Waals surface area contributed by atoms with Crippen molar-refractivity contribution in [3.63, 3.8) is 0 Å². The SMILES string of the molecule is COc1cccc(-c2cn(C(c3ccccc3)(c3ccccc3)c3ccccc3)c([C@H](Cc3ccccc3)NC(=O)OCc3cccc4c3Cc3ccccc3-4)n2)c1. The summed E-state index contributed by atoms with van der Waals surface area (Å²) < 4.78 is 14.1. The molecule has 0 saturated carbocycles.